The highest BCUT2D eigenvalue weighted by Gasteiger charge is 2.18. The fourth-order valence-corrected chi connectivity index (χ4v) is 4.88. The molecular formula is C38H41N5O3. The number of hydrogen-bond donors (Lipinski definition) is 0. The van der Waals surface area contributed by atoms with Gasteiger partial charge in [-0.05, 0) is 69.7 Å². The number of para-hydroxylation sites is 1. The Labute approximate surface area is 271 Å². The van der Waals surface area contributed by atoms with E-state index in [0.29, 0.717) is 24.6 Å². The van der Waals surface area contributed by atoms with Crippen molar-refractivity contribution in [1.29, 1.82) is 0 Å². The molecule has 0 saturated carbocycles. The van der Waals surface area contributed by atoms with E-state index >= 15 is 0 Å². The first-order chi connectivity index (χ1) is 22.3. The lowest BCUT2D eigenvalue weighted by Crippen LogP contribution is -2.29. The molecule has 0 saturated heterocycles. The number of aryl methyl sites for hydroxylation is 2. The van der Waals surface area contributed by atoms with Gasteiger partial charge >= 0.3 is 5.97 Å². The first kappa shape index (κ1) is 33.7. The van der Waals surface area contributed by atoms with Gasteiger partial charge in [0.2, 0.25) is 11.7 Å². The van der Waals surface area contributed by atoms with Crippen molar-refractivity contribution in [3.05, 3.63) is 113 Å². The lowest BCUT2D eigenvalue weighted by atomic mass is 10.0. The van der Waals surface area contributed by atoms with Crippen LogP contribution in [0.25, 0.3) is 11.4 Å². The number of rotatable bonds is 3. The summed E-state index contributed by atoms with van der Waals surface area (Å²) in [6.07, 6.45) is 10.4. The van der Waals surface area contributed by atoms with E-state index < -0.39 is 0 Å². The Hall–Kier alpha value is -5.16. The number of anilines is 1. The fourth-order valence-electron chi connectivity index (χ4n) is 4.88. The predicted octanol–water partition coefficient (Wildman–Crippen LogP) is 7.33. The van der Waals surface area contributed by atoms with Crippen LogP contribution >= 0.6 is 0 Å². The molecule has 236 valence electrons. The lowest BCUT2D eigenvalue weighted by molar-refractivity contribution is -0.149. The Bertz CT molecular complexity index is 1640. The Kier molecular flexibility index (Phi) is 12.7. The number of aromatic nitrogens is 4. The van der Waals surface area contributed by atoms with Crippen LogP contribution in [0, 0.1) is 25.7 Å². The minimum absolute atomic E-state index is 0.0333. The van der Waals surface area contributed by atoms with Crippen LogP contribution in [0.5, 0.6) is 0 Å². The highest BCUT2D eigenvalue weighted by molar-refractivity contribution is 5.93. The van der Waals surface area contributed by atoms with Crippen LogP contribution in [0.1, 0.15) is 80.5 Å². The van der Waals surface area contributed by atoms with Crippen LogP contribution in [0.3, 0.4) is 0 Å². The molecule has 2 aliphatic rings. The first-order valence-electron chi connectivity index (χ1n) is 15.8. The highest BCUT2D eigenvalue weighted by Crippen LogP contribution is 2.25. The third-order valence-electron chi connectivity index (χ3n) is 7.45. The standard InChI is InChI=1S/C17H13NO.C11H18O2.C10H10N4/c1-13(19)18-12-16-8-3-2-6-14(16)10-11-15-7-4-5-9-17(15)18;1-2-11(12)13-10-8-6-4-3-5-7-9-10;1-7-3-5-9(6-4-7)10-13-11-8(2)12-14-10/h2-9H,12H2,1H3;3-4,10H,2,5-9H2,1H3;3-6H,1-2H3/b;4-3+;. The lowest BCUT2D eigenvalue weighted by Gasteiger charge is -2.24. The van der Waals surface area contributed by atoms with Crippen LogP contribution < -0.4 is 4.90 Å². The summed E-state index contributed by atoms with van der Waals surface area (Å²) < 4.78 is 5.30. The summed E-state index contributed by atoms with van der Waals surface area (Å²) in [5.74, 6) is 7.48. The third-order valence-corrected chi connectivity index (χ3v) is 7.45. The molecule has 8 nitrogen and oxygen atoms in total. The number of carbonyl (C=O) groups excluding carboxylic acids is 2. The molecule has 0 radical (unpaired) electrons. The largest absolute Gasteiger partial charge is 0.462 e. The topological polar surface area (TPSA) is 98.2 Å². The molecule has 8 heteroatoms. The molecule has 46 heavy (non-hydrogen) atoms. The monoisotopic (exact) mass is 615 g/mol. The second kappa shape index (κ2) is 17.4. The average molecular weight is 616 g/mol. The number of hydrogen-bond acceptors (Lipinski definition) is 7. The number of esters is 1. The molecule has 1 aliphatic heterocycles. The molecule has 1 aliphatic carbocycles. The van der Waals surface area contributed by atoms with E-state index in [4.69, 9.17) is 4.74 Å². The van der Waals surface area contributed by atoms with Crippen molar-refractivity contribution >= 4 is 17.6 Å². The second-order valence-corrected chi connectivity index (χ2v) is 11.1. The van der Waals surface area contributed by atoms with Gasteiger partial charge in [-0.2, -0.15) is 0 Å². The van der Waals surface area contributed by atoms with Crippen molar-refractivity contribution in [3.63, 3.8) is 0 Å². The molecule has 0 N–H and O–H groups in total. The van der Waals surface area contributed by atoms with Gasteiger partial charge in [0, 0.05) is 30.0 Å². The van der Waals surface area contributed by atoms with Gasteiger partial charge in [0.15, 0.2) is 5.82 Å². The van der Waals surface area contributed by atoms with E-state index in [9.17, 15) is 9.59 Å². The van der Waals surface area contributed by atoms with Gasteiger partial charge < -0.3 is 9.64 Å². The zero-order valence-electron chi connectivity index (χ0n) is 27.1. The molecular weight excluding hydrogens is 574 g/mol. The predicted molar refractivity (Wildman–Crippen MR) is 181 cm³/mol. The van der Waals surface area contributed by atoms with Gasteiger partial charge in [0.25, 0.3) is 0 Å². The van der Waals surface area contributed by atoms with E-state index in [0.717, 1.165) is 60.0 Å². The molecule has 4 aromatic rings. The summed E-state index contributed by atoms with van der Waals surface area (Å²) in [6, 6.07) is 23.7. The van der Waals surface area contributed by atoms with Gasteiger partial charge in [-0.15, -0.1) is 20.4 Å². The maximum atomic E-state index is 11.9. The van der Waals surface area contributed by atoms with E-state index in [2.05, 4.69) is 44.4 Å². The summed E-state index contributed by atoms with van der Waals surface area (Å²) in [7, 11) is 0. The van der Waals surface area contributed by atoms with Crippen LogP contribution in [0.4, 0.5) is 5.69 Å². The van der Waals surface area contributed by atoms with Gasteiger partial charge in [-0.25, -0.2) is 0 Å². The number of benzene rings is 3. The fraction of sp³-hybridized carbons (Fsp3) is 0.316. The molecule has 1 unspecified atom stereocenters. The number of nitrogens with zero attached hydrogens (tertiary/aromatic N) is 5. The van der Waals surface area contributed by atoms with Crippen molar-refractivity contribution in [3.8, 4) is 23.2 Å². The second-order valence-electron chi connectivity index (χ2n) is 11.1. The summed E-state index contributed by atoms with van der Waals surface area (Å²) in [5.41, 5.74) is 6.00. The smallest absolute Gasteiger partial charge is 0.305 e. The Morgan fingerprint density at radius 1 is 0.826 bits per heavy atom. The summed E-state index contributed by atoms with van der Waals surface area (Å²) in [5, 5.41) is 15.6. The van der Waals surface area contributed by atoms with E-state index in [1.54, 1.807) is 18.7 Å². The van der Waals surface area contributed by atoms with Crippen molar-refractivity contribution in [1.82, 2.24) is 20.4 Å². The number of allylic oxidation sites excluding steroid dienone is 2. The maximum Gasteiger partial charge on any atom is 0.305 e. The summed E-state index contributed by atoms with van der Waals surface area (Å²) in [4.78, 5) is 24.7. The maximum absolute atomic E-state index is 11.9. The normalized spacial score (nSPS) is 15.5. The summed E-state index contributed by atoms with van der Waals surface area (Å²) >= 11 is 0. The van der Waals surface area contributed by atoms with E-state index in [-0.39, 0.29) is 18.0 Å². The Morgan fingerprint density at radius 2 is 1.48 bits per heavy atom. The van der Waals surface area contributed by atoms with Crippen molar-refractivity contribution < 1.29 is 14.3 Å². The zero-order chi connectivity index (χ0) is 32.7. The Balaban J connectivity index is 0.000000161. The SMILES string of the molecule is CC(=O)N1Cc2ccccc2C#Cc2ccccc21.CCC(=O)OC1CC/C=C/CCC1.Cc1ccc(-c2nnc(C)nn2)cc1. The van der Waals surface area contributed by atoms with Crippen LogP contribution in [-0.2, 0) is 20.9 Å². The van der Waals surface area contributed by atoms with E-state index in [1.165, 1.54) is 5.56 Å². The average Bonchev–Trinajstić information content (AvgIpc) is 3.04. The highest BCUT2D eigenvalue weighted by atomic mass is 16.5. The molecule has 2 heterocycles. The minimum Gasteiger partial charge on any atom is -0.462 e. The Morgan fingerprint density at radius 3 is 2.20 bits per heavy atom. The molecule has 3 aromatic carbocycles. The number of ether oxygens (including phenoxy) is 1. The third kappa shape index (κ3) is 10.2. The van der Waals surface area contributed by atoms with Gasteiger partial charge in [0.05, 0.1) is 12.2 Å². The quantitative estimate of drug-likeness (QED) is 0.135. The molecule has 1 atom stereocenters. The molecule has 6 rings (SSSR count). The van der Waals surface area contributed by atoms with Crippen molar-refractivity contribution in [2.24, 2.45) is 0 Å². The van der Waals surface area contributed by atoms with Gasteiger partial charge in [-0.1, -0.05) is 91.1 Å². The van der Waals surface area contributed by atoms with E-state index in [1.807, 2.05) is 86.6 Å². The van der Waals surface area contributed by atoms with Crippen molar-refractivity contribution in [2.75, 3.05) is 4.90 Å². The molecule has 1 amide bonds. The number of amides is 1. The zero-order valence-corrected chi connectivity index (χ0v) is 27.1. The summed E-state index contributed by atoms with van der Waals surface area (Å²) in [6.45, 7) is 7.80. The van der Waals surface area contributed by atoms with Crippen LogP contribution in [0.15, 0.2) is 84.9 Å². The number of fused-ring (bicyclic) bond motifs is 2. The van der Waals surface area contributed by atoms with Crippen molar-refractivity contribution in [2.45, 2.75) is 78.9 Å². The molecule has 0 spiro atoms. The molecule has 0 fully saturated rings. The van der Waals surface area contributed by atoms with Gasteiger partial charge in [-0.3, -0.25) is 9.59 Å². The molecule has 1 aromatic heterocycles. The minimum atomic E-state index is -0.0606. The first-order valence-corrected chi connectivity index (χ1v) is 15.8. The number of carbonyl (C=O) groups is 2. The van der Waals surface area contributed by atoms with Crippen LogP contribution in [-0.4, -0.2) is 38.4 Å². The van der Waals surface area contributed by atoms with Gasteiger partial charge in [0.1, 0.15) is 6.10 Å². The molecule has 0 bridgehead atoms. The van der Waals surface area contributed by atoms with Crippen LogP contribution in [0.2, 0.25) is 0 Å².